The van der Waals surface area contributed by atoms with Crippen molar-refractivity contribution in [2.45, 2.75) is 44.6 Å². The Bertz CT molecular complexity index is 250. The molecule has 2 saturated heterocycles. The number of hydrogen-bond donors (Lipinski definition) is 1. The van der Waals surface area contributed by atoms with Gasteiger partial charge in [0.1, 0.15) is 0 Å². The highest BCUT2D eigenvalue weighted by atomic mass is 16.3. The van der Waals surface area contributed by atoms with Crippen molar-refractivity contribution in [1.29, 1.82) is 0 Å². The van der Waals surface area contributed by atoms with Gasteiger partial charge in [0, 0.05) is 19.1 Å². The van der Waals surface area contributed by atoms with Crippen LogP contribution in [0.25, 0.3) is 0 Å². The van der Waals surface area contributed by atoms with E-state index in [0.29, 0.717) is 6.54 Å². The number of aliphatic hydroxyl groups excluding tert-OH is 1. The van der Waals surface area contributed by atoms with Crippen LogP contribution in [-0.4, -0.2) is 59.6 Å². The average Bonchev–Trinajstić information content (AvgIpc) is 2.62. The minimum absolute atomic E-state index is 0.188. The molecule has 0 aromatic heterocycles. The Labute approximate surface area is 104 Å². The highest BCUT2D eigenvalue weighted by Crippen LogP contribution is 2.17. The Hall–Kier alpha value is -0.610. The molecule has 0 radical (unpaired) electrons. The maximum atomic E-state index is 12.2. The van der Waals surface area contributed by atoms with Crippen LogP contribution in [0.2, 0.25) is 0 Å². The first-order chi connectivity index (χ1) is 8.31. The van der Waals surface area contributed by atoms with E-state index < -0.39 is 0 Å². The molecule has 0 aromatic carbocycles. The zero-order chi connectivity index (χ0) is 12.1. The van der Waals surface area contributed by atoms with Crippen molar-refractivity contribution in [3.63, 3.8) is 0 Å². The van der Waals surface area contributed by atoms with E-state index in [4.69, 9.17) is 0 Å². The molecule has 0 aliphatic carbocycles. The van der Waals surface area contributed by atoms with Crippen molar-refractivity contribution in [1.82, 2.24) is 9.80 Å². The van der Waals surface area contributed by atoms with Crippen LogP contribution in [0.1, 0.15) is 38.5 Å². The molecule has 4 heteroatoms. The number of hydrogen-bond acceptors (Lipinski definition) is 3. The van der Waals surface area contributed by atoms with Gasteiger partial charge in [-0.25, -0.2) is 0 Å². The Balaban J connectivity index is 1.82. The van der Waals surface area contributed by atoms with Crippen LogP contribution in [0, 0.1) is 0 Å². The molecular weight excluding hydrogens is 216 g/mol. The van der Waals surface area contributed by atoms with Gasteiger partial charge in [-0.2, -0.15) is 0 Å². The van der Waals surface area contributed by atoms with Crippen LogP contribution in [0.15, 0.2) is 0 Å². The zero-order valence-corrected chi connectivity index (χ0v) is 10.6. The van der Waals surface area contributed by atoms with Gasteiger partial charge in [-0.1, -0.05) is 12.8 Å². The summed E-state index contributed by atoms with van der Waals surface area (Å²) in [5, 5.41) is 9.24. The van der Waals surface area contributed by atoms with Gasteiger partial charge in [0.2, 0.25) is 5.91 Å². The number of likely N-dealkylation sites (tertiary alicyclic amines) is 2. The van der Waals surface area contributed by atoms with Gasteiger partial charge in [0.05, 0.1) is 13.2 Å². The molecule has 0 saturated carbocycles. The molecule has 2 aliphatic heterocycles. The topological polar surface area (TPSA) is 43.8 Å². The molecule has 0 aromatic rings. The summed E-state index contributed by atoms with van der Waals surface area (Å²) in [6.07, 6.45) is 6.95. The van der Waals surface area contributed by atoms with Crippen molar-refractivity contribution >= 4 is 5.91 Å². The molecule has 2 fully saturated rings. The molecule has 2 rings (SSSR count). The summed E-state index contributed by atoms with van der Waals surface area (Å²) in [4.78, 5) is 16.3. The number of rotatable bonds is 3. The van der Waals surface area contributed by atoms with Gasteiger partial charge in [0.25, 0.3) is 0 Å². The van der Waals surface area contributed by atoms with Crippen molar-refractivity contribution in [3.8, 4) is 0 Å². The second kappa shape index (κ2) is 6.36. The van der Waals surface area contributed by atoms with Crippen LogP contribution >= 0.6 is 0 Å². The standard InChI is InChI=1S/C13H24N2O2/c16-11-12-6-5-9-15(12)10-13(17)14-7-3-1-2-4-8-14/h12,16H,1-11H2/t12-/m1/s1. The largest absolute Gasteiger partial charge is 0.395 e. The summed E-state index contributed by atoms with van der Waals surface area (Å²) in [6.45, 7) is 3.51. The van der Waals surface area contributed by atoms with Crippen LogP contribution in [-0.2, 0) is 4.79 Å². The van der Waals surface area contributed by atoms with Crippen LogP contribution in [0.3, 0.4) is 0 Å². The third-order valence-electron chi connectivity index (χ3n) is 4.01. The fraction of sp³-hybridized carbons (Fsp3) is 0.923. The molecule has 4 nitrogen and oxygen atoms in total. The normalized spacial score (nSPS) is 27.1. The molecule has 17 heavy (non-hydrogen) atoms. The van der Waals surface area contributed by atoms with Gasteiger partial charge < -0.3 is 10.0 Å². The summed E-state index contributed by atoms with van der Waals surface area (Å²) < 4.78 is 0. The SMILES string of the molecule is O=C(CN1CCC[C@@H]1CO)N1CCCCCC1. The lowest BCUT2D eigenvalue weighted by Gasteiger charge is -2.26. The second-order valence-electron chi connectivity index (χ2n) is 5.24. The van der Waals surface area contributed by atoms with Crippen molar-refractivity contribution in [2.24, 2.45) is 0 Å². The molecule has 1 amide bonds. The predicted octanol–water partition coefficient (Wildman–Crippen LogP) is 0.846. The highest BCUT2D eigenvalue weighted by molar-refractivity contribution is 5.78. The number of carbonyl (C=O) groups excluding carboxylic acids is 1. The first kappa shape index (κ1) is 12.8. The van der Waals surface area contributed by atoms with E-state index in [1.54, 1.807) is 0 Å². The molecule has 0 unspecified atom stereocenters. The van der Waals surface area contributed by atoms with Gasteiger partial charge >= 0.3 is 0 Å². The highest BCUT2D eigenvalue weighted by Gasteiger charge is 2.27. The second-order valence-corrected chi connectivity index (χ2v) is 5.24. The van der Waals surface area contributed by atoms with E-state index in [1.165, 1.54) is 12.8 Å². The lowest BCUT2D eigenvalue weighted by molar-refractivity contribution is -0.132. The Morgan fingerprint density at radius 2 is 1.76 bits per heavy atom. The van der Waals surface area contributed by atoms with Crippen molar-refractivity contribution in [2.75, 3.05) is 32.8 Å². The number of carbonyl (C=O) groups is 1. The van der Waals surface area contributed by atoms with Gasteiger partial charge in [-0.05, 0) is 32.2 Å². The molecule has 1 atom stereocenters. The maximum Gasteiger partial charge on any atom is 0.236 e. The third kappa shape index (κ3) is 3.42. The number of amides is 1. The zero-order valence-electron chi connectivity index (χ0n) is 10.6. The minimum atomic E-state index is 0.188. The lowest BCUT2D eigenvalue weighted by Crippen LogP contribution is -2.43. The summed E-state index contributed by atoms with van der Waals surface area (Å²) in [5.41, 5.74) is 0. The van der Waals surface area contributed by atoms with Crippen LogP contribution < -0.4 is 0 Å². The fourth-order valence-corrected chi connectivity index (χ4v) is 2.90. The van der Waals surface area contributed by atoms with Crippen LogP contribution in [0.5, 0.6) is 0 Å². The molecule has 2 heterocycles. The van der Waals surface area contributed by atoms with E-state index >= 15 is 0 Å². The molecule has 98 valence electrons. The average molecular weight is 240 g/mol. The summed E-state index contributed by atoms with van der Waals surface area (Å²) in [5.74, 6) is 0.257. The number of nitrogens with zero attached hydrogens (tertiary/aromatic N) is 2. The maximum absolute atomic E-state index is 12.2. The first-order valence-corrected chi connectivity index (χ1v) is 6.94. The first-order valence-electron chi connectivity index (χ1n) is 6.94. The summed E-state index contributed by atoms with van der Waals surface area (Å²) >= 11 is 0. The van der Waals surface area contributed by atoms with E-state index in [-0.39, 0.29) is 18.6 Å². The van der Waals surface area contributed by atoms with Crippen molar-refractivity contribution < 1.29 is 9.90 Å². The van der Waals surface area contributed by atoms with Gasteiger partial charge in [-0.3, -0.25) is 9.69 Å². The molecule has 1 N–H and O–H groups in total. The van der Waals surface area contributed by atoms with E-state index in [1.807, 2.05) is 4.90 Å². The fourth-order valence-electron chi connectivity index (χ4n) is 2.90. The van der Waals surface area contributed by atoms with Gasteiger partial charge in [-0.15, -0.1) is 0 Å². The minimum Gasteiger partial charge on any atom is -0.395 e. The van der Waals surface area contributed by atoms with Gasteiger partial charge in [0.15, 0.2) is 0 Å². The number of aliphatic hydroxyl groups is 1. The molecule has 0 bridgehead atoms. The Kier molecular flexibility index (Phi) is 4.80. The van der Waals surface area contributed by atoms with Crippen LogP contribution in [0.4, 0.5) is 0 Å². The summed E-state index contributed by atoms with van der Waals surface area (Å²) in [7, 11) is 0. The van der Waals surface area contributed by atoms with E-state index in [2.05, 4.69) is 4.90 Å². The Morgan fingerprint density at radius 3 is 2.41 bits per heavy atom. The predicted molar refractivity (Wildman–Crippen MR) is 66.7 cm³/mol. The van der Waals surface area contributed by atoms with E-state index in [9.17, 15) is 9.90 Å². The molecule has 2 aliphatic rings. The van der Waals surface area contributed by atoms with E-state index in [0.717, 1.165) is 45.3 Å². The Morgan fingerprint density at radius 1 is 1.06 bits per heavy atom. The summed E-state index contributed by atoms with van der Waals surface area (Å²) in [6, 6.07) is 0.214. The smallest absolute Gasteiger partial charge is 0.236 e. The quantitative estimate of drug-likeness (QED) is 0.795. The molecular formula is C13H24N2O2. The van der Waals surface area contributed by atoms with Crippen molar-refractivity contribution in [3.05, 3.63) is 0 Å². The third-order valence-corrected chi connectivity index (χ3v) is 4.01. The monoisotopic (exact) mass is 240 g/mol. The lowest BCUT2D eigenvalue weighted by atomic mass is 10.2. The molecule has 0 spiro atoms.